The lowest BCUT2D eigenvalue weighted by molar-refractivity contribution is -0.139. The molecule has 2 aliphatic rings. The first-order chi connectivity index (χ1) is 20.5. The second-order valence-corrected chi connectivity index (χ2v) is 11.9. The standard InChI is InChI=1S/C30H36F3N7O3/c1-19-15-38(2)11-8-22(19)35-23-5-4-6-24-21(23)13-25(40(24)17-30(31,32)33)27-36-26(43-37-27)14-34-28(41)20-7-12-39(16-20)29(9-10-29)18-42-3/h4-7,12-13,16,19,22,35H,8-11,14-15,17-18H2,1-3H3,(H,34,41)/t19-,22+/m0/s1. The van der Waals surface area contributed by atoms with Crippen LogP contribution in [-0.2, 0) is 23.4 Å². The average Bonchev–Trinajstić information content (AvgIpc) is 3.31. The lowest BCUT2D eigenvalue weighted by atomic mass is 9.94. The Morgan fingerprint density at radius 3 is 2.79 bits per heavy atom. The third kappa shape index (κ3) is 6.14. The van der Waals surface area contributed by atoms with Gasteiger partial charge in [0.25, 0.3) is 5.91 Å². The molecule has 1 saturated heterocycles. The summed E-state index contributed by atoms with van der Waals surface area (Å²) in [5, 5.41) is 11.0. The quantitative estimate of drug-likeness (QED) is 0.268. The topological polar surface area (TPSA) is 102 Å². The summed E-state index contributed by atoms with van der Waals surface area (Å²) in [5.74, 6) is 0.157. The number of halogens is 3. The molecule has 1 aliphatic carbocycles. The van der Waals surface area contributed by atoms with Crippen LogP contribution in [0.25, 0.3) is 22.4 Å². The smallest absolute Gasteiger partial charge is 0.382 e. The zero-order chi connectivity index (χ0) is 30.4. The number of hydrogen-bond acceptors (Lipinski definition) is 7. The minimum absolute atomic E-state index is 0.0182. The molecule has 1 aliphatic heterocycles. The first-order valence-electron chi connectivity index (χ1n) is 14.5. The van der Waals surface area contributed by atoms with Gasteiger partial charge < -0.3 is 33.9 Å². The third-order valence-electron chi connectivity index (χ3n) is 8.57. The molecule has 1 saturated carbocycles. The van der Waals surface area contributed by atoms with E-state index in [-0.39, 0.29) is 41.4 Å². The highest BCUT2D eigenvalue weighted by atomic mass is 19.4. The Morgan fingerprint density at radius 2 is 2.07 bits per heavy atom. The summed E-state index contributed by atoms with van der Waals surface area (Å²) in [6.45, 7) is 3.36. The van der Waals surface area contributed by atoms with E-state index < -0.39 is 12.7 Å². The Bertz CT molecular complexity index is 1600. The largest absolute Gasteiger partial charge is 0.406 e. The van der Waals surface area contributed by atoms with E-state index in [0.717, 1.165) is 38.0 Å². The van der Waals surface area contributed by atoms with Crippen LogP contribution in [-0.4, -0.2) is 76.2 Å². The van der Waals surface area contributed by atoms with Gasteiger partial charge in [0.15, 0.2) is 0 Å². The average molecular weight is 600 g/mol. The van der Waals surface area contributed by atoms with Gasteiger partial charge >= 0.3 is 6.18 Å². The molecular formula is C30H36F3N7O3. The summed E-state index contributed by atoms with van der Waals surface area (Å²) in [4.78, 5) is 19.4. The van der Waals surface area contributed by atoms with Crippen LogP contribution >= 0.6 is 0 Å². The van der Waals surface area contributed by atoms with E-state index in [0.29, 0.717) is 29.0 Å². The number of amides is 1. The highest BCUT2D eigenvalue weighted by Gasteiger charge is 2.44. The maximum Gasteiger partial charge on any atom is 0.406 e. The number of alkyl halides is 3. The number of methoxy groups -OCH3 is 1. The monoisotopic (exact) mass is 599 g/mol. The summed E-state index contributed by atoms with van der Waals surface area (Å²) in [5.41, 5.74) is 1.76. The van der Waals surface area contributed by atoms with Crippen molar-refractivity contribution in [1.29, 1.82) is 0 Å². The van der Waals surface area contributed by atoms with Crippen LogP contribution in [0.3, 0.4) is 0 Å². The van der Waals surface area contributed by atoms with Crippen LogP contribution in [0, 0.1) is 5.92 Å². The van der Waals surface area contributed by atoms with Crippen LogP contribution in [0.2, 0.25) is 0 Å². The van der Waals surface area contributed by atoms with E-state index in [9.17, 15) is 18.0 Å². The van der Waals surface area contributed by atoms with Gasteiger partial charge in [-0.15, -0.1) is 0 Å². The molecule has 3 aromatic heterocycles. The molecule has 0 bridgehead atoms. The van der Waals surface area contributed by atoms with E-state index in [1.54, 1.807) is 37.6 Å². The van der Waals surface area contributed by atoms with Gasteiger partial charge in [-0.05, 0) is 63.0 Å². The van der Waals surface area contributed by atoms with Gasteiger partial charge in [0.2, 0.25) is 11.7 Å². The number of aromatic nitrogens is 4. The Balaban J connectivity index is 1.22. The molecular weight excluding hydrogens is 563 g/mol. The van der Waals surface area contributed by atoms with Crippen LogP contribution in [0.5, 0.6) is 0 Å². The number of hydrogen-bond donors (Lipinski definition) is 2. The Hall–Kier alpha value is -3.84. The first kappa shape index (κ1) is 29.2. The zero-order valence-corrected chi connectivity index (χ0v) is 24.4. The summed E-state index contributed by atoms with van der Waals surface area (Å²) < 4.78 is 55.1. The van der Waals surface area contributed by atoms with Gasteiger partial charge in [0, 0.05) is 43.2 Å². The predicted molar refractivity (Wildman–Crippen MR) is 155 cm³/mol. The number of benzene rings is 1. The molecule has 0 radical (unpaired) electrons. The number of rotatable bonds is 10. The van der Waals surface area contributed by atoms with Crippen molar-refractivity contribution in [2.75, 3.05) is 39.2 Å². The number of carbonyl (C=O) groups excluding carboxylic acids is 1. The SMILES string of the molecule is COCC1(n2ccc(C(=O)NCc3nc(-c4cc5c(N[C@@H]6CCN(C)C[C@@H]6C)cccc5n4CC(F)(F)F)no3)c2)CC1. The molecule has 4 aromatic rings. The molecule has 0 spiro atoms. The summed E-state index contributed by atoms with van der Waals surface area (Å²) >= 11 is 0. The number of nitrogens with zero attached hydrogens (tertiary/aromatic N) is 5. The van der Waals surface area contributed by atoms with Crippen molar-refractivity contribution >= 4 is 22.5 Å². The van der Waals surface area contributed by atoms with Gasteiger partial charge in [0.05, 0.1) is 35.5 Å². The normalized spacial score (nSPS) is 20.4. The molecule has 2 atom stereocenters. The number of nitrogens with one attached hydrogen (secondary N) is 2. The molecule has 230 valence electrons. The summed E-state index contributed by atoms with van der Waals surface area (Å²) in [6.07, 6.45) is 2.09. The lowest BCUT2D eigenvalue weighted by Crippen LogP contribution is -2.43. The number of fused-ring (bicyclic) bond motifs is 1. The van der Waals surface area contributed by atoms with Crippen molar-refractivity contribution in [2.24, 2.45) is 5.92 Å². The molecule has 2 fully saturated rings. The van der Waals surface area contributed by atoms with Crippen LogP contribution in [0.1, 0.15) is 42.4 Å². The van der Waals surface area contributed by atoms with Crippen molar-refractivity contribution < 1.29 is 27.2 Å². The van der Waals surface area contributed by atoms with Gasteiger partial charge in [-0.25, -0.2) is 0 Å². The van der Waals surface area contributed by atoms with Crippen molar-refractivity contribution in [1.82, 2.24) is 29.5 Å². The Kier molecular flexibility index (Phi) is 7.71. The van der Waals surface area contributed by atoms with Crippen molar-refractivity contribution in [3.63, 3.8) is 0 Å². The molecule has 0 unspecified atom stereocenters. The van der Waals surface area contributed by atoms with Crippen molar-refractivity contribution in [3.8, 4) is 11.5 Å². The zero-order valence-electron chi connectivity index (χ0n) is 24.4. The summed E-state index contributed by atoms with van der Waals surface area (Å²) in [7, 11) is 3.75. The summed E-state index contributed by atoms with van der Waals surface area (Å²) in [6, 6.07) is 8.92. The first-order valence-corrected chi connectivity index (χ1v) is 14.5. The number of likely N-dealkylation sites (tertiary alicyclic amines) is 1. The fraction of sp³-hybridized carbons (Fsp3) is 0.500. The fourth-order valence-corrected chi connectivity index (χ4v) is 6.12. The molecule has 6 rings (SSSR count). The molecule has 4 heterocycles. The van der Waals surface area contributed by atoms with Crippen LogP contribution < -0.4 is 10.6 Å². The van der Waals surface area contributed by atoms with Crippen molar-refractivity contribution in [3.05, 3.63) is 54.2 Å². The Morgan fingerprint density at radius 1 is 1.26 bits per heavy atom. The van der Waals surface area contributed by atoms with Gasteiger partial charge in [-0.1, -0.05) is 18.1 Å². The lowest BCUT2D eigenvalue weighted by Gasteiger charge is -2.36. The van der Waals surface area contributed by atoms with Gasteiger partial charge in [-0.2, -0.15) is 18.2 Å². The van der Waals surface area contributed by atoms with E-state index in [2.05, 4.69) is 39.6 Å². The highest BCUT2D eigenvalue weighted by molar-refractivity contribution is 5.96. The predicted octanol–water partition coefficient (Wildman–Crippen LogP) is 4.87. The highest BCUT2D eigenvalue weighted by Crippen LogP contribution is 2.44. The molecule has 2 N–H and O–H groups in total. The second-order valence-electron chi connectivity index (χ2n) is 11.9. The maximum absolute atomic E-state index is 13.7. The fourth-order valence-electron chi connectivity index (χ4n) is 6.12. The van der Waals surface area contributed by atoms with Gasteiger partial charge in [-0.3, -0.25) is 4.79 Å². The molecule has 43 heavy (non-hydrogen) atoms. The van der Waals surface area contributed by atoms with Crippen molar-refractivity contribution in [2.45, 2.75) is 57.0 Å². The molecule has 13 heteroatoms. The van der Waals surface area contributed by atoms with Crippen LogP contribution in [0.15, 0.2) is 47.2 Å². The number of piperidine rings is 1. The second kappa shape index (κ2) is 11.3. The Labute approximate surface area is 247 Å². The number of carbonyl (C=O) groups is 1. The molecule has 1 amide bonds. The minimum Gasteiger partial charge on any atom is -0.382 e. The van der Waals surface area contributed by atoms with E-state index in [4.69, 9.17) is 9.26 Å². The maximum atomic E-state index is 13.7. The van der Waals surface area contributed by atoms with E-state index in [1.165, 1.54) is 4.57 Å². The van der Waals surface area contributed by atoms with E-state index in [1.807, 2.05) is 16.8 Å². The molecule has 10 nitrogen and oxygen atoms in total. The minimum atomic E-state index is -4.47. The van der Waals surface area contributed by atoms with Crippen LogP contribution in [0.4, 0.5) is 18.9 Å². The van der Waals surface area contributed by atoms with E-state index >= 15 is 0 Å². The number of anilines is 1. The number of ether oxygens (including phenoxy) is 1. The molecule has 1 aromatic carbocycles. The van der Waals surface area contributed by atoms with Gasteiger partial charge in [0.1, 0.15) is 6.54 Å². The third-order valence-corrected chi connectivity index (χ3v) is 8.57.